The SMILES string of the molecule is CCN(CC)CCn1ccc(C(=O)OC)c1C. The predicted octanol–water partition coefficient (Wildman–Crippen LogP) is 1.92. The maximum Gasteiger partial charge on any atom is 0.339 e. The van der Waals surface area contributed by atoms with Crippen LogP contribution < -0.4 is 0 Å². The molecule has 0 saturated heterocycles. The summed E-state index contributed by atoms with van der Waals surface area (Å²) in [4.78, 5) is 13.8. The third-order valence-electron chi connectivity index (χ3n) is 3.20. The Kier molecular flexibility index (Phi) is 5.22. The second kappa shape index (κ2) is 6.45. The Morgan fingerprint density at radius 3 is 2.59 bits per heavy atom. The van der Waals surface area contributed by atoms with E-state index in [9.17, 15) is 4.79 Å². The van der Waals surface area contributed by atoms with Gasteiger partial charge < -0.3 is 14.2 Å². The Hall–Kier alpha value is -1.29. The fourth-order valence-corrected chi connectivity index (χ4v) is 1.91. The predicted molar refractivity (Wildman–Crippen MR) is 68.3 cm³/mol. The number of hydrogen-bond acceptors (Lipinski definition) is 3. The van der Waals surface area contributed by atoms with Gasteiger partial charge in [0.25, 0.3) is 0 Å². The van der Waals surface area contributed by atoms with Crippen LogP contribution in [0.1, 0.15) is 29.9 Å². The molecule has 17 heavy (non-hydrogen) atoms. The lowest BCUT2D eigenvalue weighted by atomic mass is 10.2. The number of hydrogen-bond donors (Lipinski definition) is 0. The number of nitrogens with zero attached hydrogens (tertiary/aromatic N) is 2. The van der Waals surface area contributed by atoms with E-state index in [1.54, 1.807) is 0 Å². The van der Waals surface area contributed by atoms with Gasteiger partial charge in [-0.25, -0.2) is 4.79 Å². The summed E-state index contributed by atoms with van der Waals surface area (Å²) < 4.78 is 6.84. The molecule has 96 valence electrons. The van der Waals surface area contributed by atoms with Gasteiger partial charge in [-0.2, -0.15) is 0 Å². The van der Waals surface area contributed by atoms with E-state index in [1.165, 1.54) is 7.11 Å². The summed E-state index contributed by atoms with van der Waals surface area (Å²) in [5, 5.41) is 0. The monoisotopic (exact) mass is 238 g/mol. The van der Waals surface area contributed by atoms with Crippen molar-refractivity contribution in [2.75, 3.05) is 26.7 Å². The first-order valence-corrected chi connectivity index (χ1v) is 6.10. The maximum atomic E-state index is 11.5. The zero-order valence-electron chi connectivity index (χ0n) is 11.2. The molecule has 1 aromatic rings. The summed E-state index contributed by atoms with van der Waals surface area (Å²) in [5.41, 5.74) is 1.64. The number of aromatic nitrogens is 1. The van der Waals surface area contributed by atoms with Gasteiger partial charge >= 0.3 is 5.97 Å². The minimum absolute atomic E-state index is 0.260. The van der Waals surface area contributed by atoms with Crippen molar-refractivity contribution < 1.29 is 9.53 Å². The molecule has 1 rings (SSSR count). The van der Waals surface area contributed by atoms with Crippen LogP contribution in [0, 0.1) is 6.92 Å². The summed E-state index contributed by atoms with van der Waals surface area (Å²) in [6.45, 7) is 10.3. The minimum atomic E-state index is -0.260. The fourth-order valence-electron chi connectivity index (χ4n) is 1.91. The summed E-state index contributed by atoms with van der Waals surface area (Å²) in [7, 11) is 1.41. The Bertz CT molecular complexity index is 367. The first-order chi connectivity index (χ1) is 8.13. The van der Waals surface area contributed by atoms with Crippen LogP contribution in [0.15, 0.2) is 12.3 Å². The van der Waals surface area contributed by atoms with Crippen LogP contribution in [0.4, 0.5) is 0 Å². The van der Waals surface area contributed by atoms with Gasteiger partial charge in [0.15, 0.2) is 0 Å². The van der Waals surface area contributed by atoms with Crippen LogP contribution >= 0.6 is 0 Å². The van der Waals surface area contributed by atoms with Crippen LogP contribution in [0.25, 0.3) is 0 Å². The first-order valence-electron chi connectivity index (χ1n) is 6.10. The highest BCUT2D eigenvalue weighted by Crippen LogP contribution is 2.11. The third kappa shape index (κ3) is 3.33. The van der Waals surface area contributed by atoms with Gasteiger partial charge in [-0.05, 0) is 26.1 Å². The zero-order chi connectivity index (χ0) is 12.8. The van der Waals surface area contributed by atoms with Gasteiger partial charge in [0.05, 0.1) is 12.7 Å². The average Bonchev–Trinajstić information content (AvgIpc) is 2.71. The largest absolute Gasteiger partial charge is 0.465 e. The van der Waals surface area contributed by atoms with Gasteiger partial charge in [-0.3, -0.25) is 0 Å². The molecule has 0 atom stereocenters. The van der Waals surface area contributed by atoms with E-state index in [1.807, 2.05) is 19.2 Å². The molecule has 0 amide bonds. The Labute approximate surface area is 103 Å². The van der Waals surface area contributed by atoms with Gasteiger partial charge in [0, 0.05) is 25.0 Å². The molecule has 1 heterocycles. The molecular formula is C13H22N2O2. The number of likely N-dealkylation sites (N-methyl/N-ethyl adjacent to an activating group) is 1. The van der Waals surface area contributed by atoms with Crippen LogP contribution in [0.2, 0.25) is 0 Å². The molecule has 0 aliphatic carbocycles. The van der Waals surface area contributed by atoms with Gasteiger partial charge in [0.1, 0.15) is 0 Å². The van der Waals surface area contributed by atoms with Crippen LogP contribution in [0.3, 0.4) is 0 Å². The number of rotatable bonds is 6. The molecule has 0 aromatic carbocycles. The lowest BCUT2D eigenvalue weighted by Gasteiger charge is -2.18. The second-order valence-electron chi connectivity index (χ2n) is 4.03. The molecular weight excluding hydrogens is 216 g/mol. The molecule has 0 aliphatic heterocycles. The Balaban J connectivity index is 2.67. The number of ether oxygens (including phenoxy) is 1. The van der Waals surface area contributed by atoms with Crippen LogP contribution in [-0.2, 0) is 11.3 Å². The van der Waals surface area contributed by atoms with Crippen LogP contribution in [0.5, 0.6) is 0 Å². The molecule has 4 nitrogen and oxygen atoms in total. The molecule has 0 unspecified atom stereocenters. The molecule has 0 spiro atoms. The molecule has 0 saturated carbocycles. The number of carbonyl (C=O) groups is 1. The topological polar surface area (TPSA) is 34.5 Å². The molecule has 0 bridgehead atoms. The van der Waals surface area contributed by atoms with Crippen molar-refractivity contribution in [1.29, 1.82) is 0 Å². The molecule has 0 fully saturated rings. The van der Waals surface area contributed by atoms with Crippen molar-refractivity contribution in [2.45, 2.75) is 27.3 Å². The maximum absolute atomic E-state index is 11.5. The normalized spacial score (nSPS) is 10.9. The quantitative estimate of drug-likeness (QED) is 0.710. The highest BCUT2D eigenvalue weighted by atomic mass is 16.5. The summed E-state index contributed by atoms with van der Waals surface area (Å²) in [6, 6.07) is 1.82. The Morgan fingerprint density at radius 1 is 1.41 bits per heavy atom. The summed E-state index contributed by atoms with van der Waals surface area (Å²) in [6.07, 6.45) is 1.95. The summed E-state index contributed by atoms with van der Waals surface area (Å²) >= 11 is 0. The molecule has 1 aromatic heterocycles. The van der Waals surface area contributed by atoms with Crippen molar-refractivity contribution in [3.63, 3.8) is 0 Å². The van der Waals surface area contributed by atoms with Crippen molar-refractivity contribution >= 4 is 5.97 Å². The first kappa shape index (κ1) is 13.8. The Morgan fingerprint density at radius 2 is 2.06 bits per heavy atom. The minimum Gasteiger partial charge on any atom is -0.465 e. The highest BCUT2D eigenvalue weighted by molar-refractivity contribution is 5.90. The smallest absolute Gasteiger partial charge is 0.339 e. The van der Waals surface area contributed by atoms with Crippen molar-refractivity contribution in [3.8, 4) is 0 Å². The fraction of sp³-hybridized carbons (Fsp3) is 0.615. The van der Waals surface area contributed by atoms with E-state index in [2.05, 4.69) is 23.3 Å². The van der Waals surface area contributed by atoms with Crippen molar-refractivity contribution in [3.05, 3.63) is 23.5 Å². The zero-order valence-corrected chi connectivity index (χ0v) is 11.2. The van der Waals surface area contributed by atoms with Crippen LogP contribution in [-0.4, -0.2) is 42.2 Å². The van der Waals surface area contributed by atoms with Gasteiger partial charge in [-0.1, -0.05) is 13.8 Å². The van der Waals surface area contributed by atoms with Crippen molar-refractivity contribution in [1.82, 2.24) is 9.47 Å². The lowest BCUT2D eigenvalue weighted by molar-refractivity contribution is 0.0599. The van der Waals surface area contributed by atoms with Gasteiger partial charge in [-0.15, -0.1) is 0 Å². The van der Waals surface area contributed by atoms with E-state index >= 15 is 0 Å². The highest BCUT2D eigenvalue weighted by Gasteiger charge is 2.12. The second-order valence-corrected chi connectivity index (χ2v) is 4.03. The van der Waals surface area contributed by atoms with E-state index in [-0.39, 0.29) is 5.97 Å². The number of methoxy groups -OCH3 is 1. The molecule has 0 N–H and O–H groups in total. The number of esters is 1. The van der Waals surface area contributed by atoms with E-state index in [0.717, 1.165) is 31.9 Å². The molecule has 0 aliphatic rings. The lowest BCUT2D eigenvalue weighted by Crippen LogP contribution is -2.27. The third-order valence-corrected chi connectivity index (χ3v) is 3.20. The summed E-state index contributed by atoms with van der Waals surface area (Å²) in [5.74, 6) is -0.260. The number of carbonyl (C=O) groups excluding carboxylic acids is 1. The molecule has 4 heteroatoms. The van der Waals surface area contributed by atoms with E-state index in [4.69, 9.17) is 4.74 Å². The van der Waals surface area contributed by atoms with E-state index < -0.39 is 0 Å². The van der Waals surface area contributed by atoms with E-state index in [0.29, 0.717) is 5.56 Å². The average molecular weight is 238 g/mol. The standard InChI is InChI=1S/C13H22N2O2/c1-5-14(6-2)9-10-15-8-7-12(11(15)3)13(16)17-4/h7-8H,5-6,9-10H2,1-4H3. The molecule has 0 radical (unpaired) electrons. The van der Waals surface area contributed by atoms with Gasteiger partial charge in [0.2, 0.25) is 0 Å². The van der Waals surface area contributed by atoms with Crippen molar-refractivity contribution in [2.24, 2.45) is 0 Å².